The predicted octanol–water partition coefficient (Wildman–Crippen LogP) is 3.77. The van der Waals surface area contributed by atoms with Gasteiger partial charge in [0.2, 0.25) is 0 Å². The van der Waals surface area contributed by atoms with Gasteiger partial charge in [-0.3, -0.25) is 0 Å². The zero-order valence-corrected chi connectivity index (χ0v) is 14.8. The van der Waals surface area contributed by atoms with E-state index >= 15 is 0 Å². The lowest BCUT2D eigenvalue weighted by molar-refractivity contribution is -0.159. The maximum Gasteiger partial charge on any atom is 0.0729 e. The van der Waals surface area contributed by atoms with Gasteiger partial charge in [-0.25, -0.2) is 0 Å². The smallest absolute Gasteiger partial charge is 0.0729 e. The Morgan fingerprint density at radius 2 is 1.71 bits per heavy atom. The largest absolute Gasteiger partial charge is 0.381 e. The molecule has 124 valence electrons. The first kappa shape index (κ1) is 17.2. The summed E-state index contributed by atoms with van der Waals surface area (Å²) in [6.07, 6.45) is 5.84. The summed E-state index contributed by atoms with van der Waals surface area (Å²) in [5.41, 5.74) is 0.719. The number of hydrogen-bond acceptors (Lipinski definition) is 3. The molecule has 0 saturated carbocycles. The highest BCUT2D eigenvalue weighted by Gasteiger charge is 2.43. The molecule has 0 amide bonds. The summed E-state index contributed by atoms with van der Waals surface area (Å²) < 4.78 is 11.7. The van der Waals surface area contributed by atoms with Gasteiger partial charge in [0.15, 0.2) is 0 Å². The molecule has 2 rings (SSSR count). The van der Waals surface area contributed by atoms with Crippen molar-refractivity contribution in [2.75, 3.05) is 26.4 Å². The van der Waals surface area contributed by atoms with E-state index in [1.807, 2.05) is 0 Å². The van der Waals surface area contributed by atoms with Crippen molar-refractivity contribution in [1.29, 1.82) is 0 Å². The van der Waals surface area contributed by atoms with Crippen LogP contribution in [0.15, 0.2) is 0 Å². The van der Waals surface area contributed by atoms with E-state index in [-0.39, 0.29) is 11.1 Å². The third-order valence-electron chi connectivity index (χ3n) is 5.43. The second-order valence-electron chi connectivity index (χ2n) is 8.75. The van der Waals surface area contributed by atoms with Gasteiger partial charge in [-0.2, -0.15) is 0 Å². The molecule has 3 nitrogen and oxygen atoms in total. The van der Waals surface area contributed by atoms with Gasteiger partial charge in [-0.05, 0) is 70.8 Å². The van der Waals surface area contributed by atoms with E-state index < -0.39 is 0 Å². The second kappa shape index (κ2) is 6.55. The molecular formula is C18H35NO2. The van der Waals surface area contributed by atoms with E-state index in [0.29, 0.717) is 5.41 Å². The molecule has 0 aromatic carbocycles. The zero-order chi connectivity index (χ0) is 15.6. The summed E-state index contributed by atoms with van der Waals surface area (Å²) in [5.74, 6) is 0.770. The van der Waals surface area contributed by atoms with Crippen molar-refractivity contribution < 1.29 is 9.47 Å². The van der Waals surface area contributed by atoms with Gasteiger partial charge in [-0.1, -0.05) is 13.8 Å². The summed E-state index contributed by atoms with van der Waals surface area (Å²) in [6.45, 7) is 15.4. The number of nitrogens with one attached hydrogen (secondary N) is 1. The minimum atomic E-state index is 0.121. The lowest BCUT2D eigenvalue weighted by Crippen LogP contribution is -2.48. The van der Waals surface area contributed by atoms with E-state index in [9.17, 15) is 0 Å². The van der Waals surface area contributed by atoms with E-state index in [1.165, 1.54) is 19.3 Å². The van der Waals surface area contributed by atoms with Gasteiger partial charge in [0.25, 0.3) is 0 Å². The van der Waals surface area contributed by atoms with E-state index in [4.69, 9.17) is 9.47 Å². The molecule has 3 heteroatoms. The molecule has 1 atom stereocenters. The summed E-state index contributed by atoms with van der Waals surface area (Å²) in [6, 6.07) is 0. The Morgan fingerprint density at radius 3 is 2.33 bits per heavy atom. The van der Waals surface area contributed by atoms with Crippen LogP contribution in [0.3, 0.4) is 0 Å². The van der Waals surface area contributed by atoms with Crippen molar-refractivity contribution in [3.05, 3.63) is 0 Å². The Labute approximate surface area is 131 Å². The molecule has 2 aliphatic heterocycles. The van der Waals surface area contributed by atoms with Gasteiger partial charge < -0.3 is 14.8 Å². The van der Waals surface area contributed by atoms with Crippen molar-refractivity contribution >= 4 is 0 Å². The molecule has 0 aromatic heterocycles. The maximum atomic E-state index is 6.19. The zero-order valence-electron chi connectivity index (χ0n) is 14.8. The molecule has 1 N–H and O–H groups in total. The SMILES string of the molecule is CC(C)(C)NCCC(C)(C)C1CCOC2(CCOCC2)C1. The normalized spacial score (nSPS) is 27.0. The minimum Gasteiger partial charge on any atom is -0.381 e. The van der Waals surface area contributed by atoms with Gasteiger partial charge in [0, 0.05) is 25.4 Å². The Bertz CT molecular complexity index is 321. The van der Waals surface area contributed by atoms with Crippen LogP contribution in [0, 0.1) is 11.3 Å². The number of ether oxygens (including phenoxy) is 2. The van der Waals surface area contributed by atoms with Crippen LogP contribution in [0.4, 0.5) is 0 Å². The van der Waals surface area contributed by atoms with Crippen molar-refractivity contribution in [1.82, 2.24) is 5.32 Å². The highest BCUT2D eigenvalue weighted by Crippen LogP contribution is 2.45. The average molecular weight is 297 g/mol. The molecule has 21 heavy (non-hydrogen) atoms. The van der Waals surface area contributed by atoms with Crippen LogP contribution in [0.2, 0.25) is 0 Å². The van der Waals surface area contributed by atoms with E-state index in [0.717, 1.165) is 45.1 Å². The molecule has 2 fully saturated rings. The molecule has 0 bridgehead atoms. The fraction of sp³-hybridized carbons (Fsp3) is 1.00. The molecule has 1 spiro atoms. The average Bonchev–Trinajstić information content (AvgIpc) is 2.38. The Morgan fingerprint density at radius 1 is 1.05 bits per heavy atom. The highest BCUT2D eigenvalue weighted by atomic mass is 16.5. The first-order valence-corrected chi connectivity index (χ1v) is 8.69. The fourth-order valence-electron chi connectivity index (χ4n) is 3.75. The first-order valence-electron chi connectivity index (χ1n) is 8.69. The topological polar surface area (TPSA) is 30.5 Å². The van der Waals surface area contributed by atoms with Crippen LogP contribution in [-0.2, 0) is 9.47 Å². The lowest BCUT2D eigenvalue weighted by atomic mass is 9.67. The third kappa shape index (κ3) is 4.94. The number of rotatable bonds is 4. The molecule has 1 unspecified atom stereocenters. The van der Waals surface area contributed by atoms with Crippen LogP contribution in [0.25, 0.3) is 0 Å². The molecule has 0 aliphatic carbocycles. The van der Waals surface area contributed by atoms with Crippen molar-refractivity contribution in [3.63, 3.8) is 0 Å². The summed E-state index contributed by atoms with van der Waals surface area (Å²) >= 11 is 0. The van der Waals surface area contributed by atoms with Crippen molar-refractivity contribution in [3.8, 4) is 0 Å². The Hall–Kier alpha value is -0.120. The maximum absolute atomic E-state index is 6.19. The van der Waals surface area contributed by atoms with Gasteiger partial charge >= 0.3 is 0 Å². The summed E-state index contributed by atoms with van der Waals surface area (Å²) in [7, 11) is 0. The van der Waals surface area contributed by atoms with E-state index in [1.54, 1.807) is 0 Å². The monoisotopic (exact) mass is 297 g/mol. The standard InChI is InChI=1S/C18H35NO2/c1-16(2,3)19-10-7-17(4,5)15-6-11-21-18(14-15)8-12-20-13-9-18/h15,19H,6-14H2,1-5H3. The Balaban J connectivity index is 1.89. The molecule has 2 saturated heterocycles. The highest BCUT2D eigenvalue weighted by molar-refractivity contribution is 4.93. The molecule has 2 aliphatic rings. The molecule has 0 aromatic rings. The van der Waals surface area contributed by atoms with Crippen molar-refractivity contribution in [2.45, 2.75) is 77.9 Å². The van der Waals surface area contributed by atoms with Crippen LogP contribution < -0.4 is 5.32 Å². The molecule has 0 radical (unpaired) electrons. The van der Waals surface area contributed by atoms with Gasteiger partial charge in [0.1, 0.15) is 0 Å². The predicted molar refractivity (Wildman–Crippen MR) is 87.6 cm³/mol. The second-order valence-corrected chi connectivity index (χ2v) is 8.75. The van der Waals surface area contributed by atoms with Crippen LogP contribution in [0.1, 0.15) is 66.7 Å². The third-order valence-corrected chi connectivity index (χ3v) is 5.43. The van der Waals surface area contributed by atoms with Gasteiger partial charge in [0.05, 0.1) is 5.60 Å². The first-order chi connectivity index (χ1) is 9.73. The van der Waals surface area contributed by atoms with Crippen LogP contribution in [0.5, 0.6) is 0 Å². The van der Waals surface area contributed by atoms with Crippen LogP contribution in [-0.4, -0.2) is 37.5 Å². The fourth-order valence-corrected chi connectivity index (χ4v) is 3.75. The van der Waals surface area contributed by atoms with E-state index in [2.05, 4.69) is 39.9 Å². The quantitative estimate of drug-likeness (QED) is 0.857. The Kier molecular flexibility index (Phi) is 5.38. The van der Waals surface area contributed by atoms with Gasteiger partial charge in [-0.15, -0.1) is 0 Å². The lowest BCUT2D eigenvalue weighted by Gasteiger charge is -2.48. The number of hydrogen-bond donors (Lipinski definition) is 1. The van der Waals surface area contributed by atoms with Crippen LogP contribution >= 0.6 is 0 Å². The van der Waals surface area contributed by atoms with Crippen molar-refractivity contribution in [2.24, 2.45) is 11.3 Å². The molecule has 2 heterocycles. The minimum absolute atomic E-state index is 0.121. The summed E-state index contributed by atoms with van der Waals surface area (Å²) in [4.78, 5) is 0. The molecular weight excluding hydrogens is 262 g/mol. The summed E-state index contributed by atoms with van der Waals surface area (Å²) in [5, 5.41) is 3.64.